The van der Waals surface area contributed by atoms with Crippen LogP contribution in [0, 0.1) is 23.2 Å². The van der Waals surface area contributed by atoms with Crippen LogP contribution < -0.4 is 10.1 Å². The van der Waals surface area contributed by atoms with E-state index in [0.29, 0.717) is 17.4 Å². The van der Waals surface area contributed by atoms with Crippen molar-refractivity contribution in [2.24, 2.45) is 23.2 Å². The van der Waals surface area contributed by atoms with E-state index in [1.807, 2.05) is 14.2 Å². The van der Waals surface area contributed by atoms with Gasteiger partial charge in [0.25, 0.3) is 0 Å². The molecule has 1 N–H and O–H groups in total. The molecule has 6 unspecified atom stereocenters. The lowest BCUT2D eigenvalue weighted by Crippen LogP contribution is -2.44. The van der Waals surface area contributed by atoms with Gasteiger partial charge in [-0.1, -0.05) is 19.9 Å². The summed E-state index contributed by atoms with van der Waals surface area (Å²) in [5.74, 6) is 4.05. The zero-order valence-electron chi connectivity index (χ0n) is 20.1. The zero-order valence-corrected chi connectivity index (χ0v) is 20.1. The van der Waals surface area contributed by atoms with E-state index in [9.17, 15) is 0 Å². The average molecular weight is 414 g/mol. The molecule has 4 rings (SSSR count). The topological polar surface area (TPSA) is 30.5 Å². The van der Waals surface area contributed by atoms with Crippen LogP contribution in [0.3, 0.4) is 0 Å². The molecule has 3 aliphatic carbocycles. The van der Waals surface area contributed by atoms with Gasteiger partial charge in [0.2, 0.25) is 0 Å². The second-order valence-corrected chi connectivity index (χ2v) is 11.4. The minimum atomic E-state index is -0.145. The van der Waals surface area contributed by atoms with Crippen LogP contribution in [0.15, 0.2) is 18.2 Å². The summed E-state index contributed by atoms with van der Waals surface area (Å²) in [6.07, 6.45) is 9.29. The third kappa shape index (κ3) is 4.05. The number of benzene rings is 1. The van der Waals surface area contributed by atoms with Gasteiger partial charge < -0.3 is 14.8 Å². The number of aryl methyl sites for hydroxylation is 1. The molecule has 0 radical (unpaired) electrons. The van der Waals surface area contributed by atoms with Crippen molar-refractivity contribution >= 4 is 0 Å². The van der Waals surface area contributed by atoms with Crippen molar-refractivity contribution in [1.29, 1.82) is 0 Å². The van der Waals surface area contributed by atoms with Crippen LogP contribution in [-0.4, -0.2) is 32.4 Å². The van der Waals surface area contributed by atoms with E-state index >= 15 is 0 Å². The van der Waals surface area contributed by atoms with Crippen LogP contribution in [0.5, 0.6) is 5.75 Å². The van der Waals surface area contributed by atoms with E-state index in [1.165, 1.54) is 44.1 Å². The van der Waals surface area contributed by atoms with Gasteiger partial charge in [-0.2, -0.15) is 0 Å². The Balaban J connectivity index is 1.49. The van der Waals surface area contributed by atoms with Gasteiger partial charge in [-0.3, -0.25) is 0 Å². The van der Waals surface area contributed by atoms with E-state index in [-0.39, 0.29) is 5.60 Å². The fourth-order valence-electron chi connectivity index (χ4n) is 7.58. The van der Waals surface area contributed by atoms with Gasteiger partial charge in [0.05, 0.1) is 6.10 Å². The normalized spacial score (nSPS) is 34.1. The molecule has 0 spiro atoms. The molecule has 0 aromatic heterocycles. The lowest BCUT2D eigenvalue weighted by molar-refractivity contribution is -0.0444. The maximum Gasteiger partial charge on any atom is 0.120 e. The third-order valence-corrected chi connectivity index (χ3v) is 8.68. The van der Waals surface area contributed by atoms with Gasteiger partial charge in [-0.15, -0.1) is 0 Å². The monoisotopic (exact) mass is 413 g/mol. The second-order valence-electron chi connectivity index (χ2n) is 11.4. The van der Waals surface area contributed by atoms with Crippen LogP contribution in [0.4, 0.5) is 0 Å². The van der Waals surface area contributed by atoms with Crippen molar-refractivity contribution < 1.29 is 9.47 Å². The van der Waals surface area contributed by atoms with E-state index in [1.54, 1.807) is 5.56 Å². The first-order valence-electron chi connectivity index (χ1n) is 12.3. The molecular formula is C27H43NO2. The smallest absolute Gasteiger partial charge is 0.120 e. The molecule has 1 aromatic carbocycles. The van der Waals surface area contributed by atoms with Gasteiger partial charge in [-0.25, -0.2) is 0 Å². The highest BCUT2D eigenvalue weighted by atomic mass is 16.5. The maximum atomic E-state index is 6.49. The van der Waals surface area contributed by atoms with Crippen LogP contribution in [0.2, 0.25) is 0 Å². The standard InChI is InChI=1S/C27H43NO2/c1-18(17-28-5)16-26(2,3)30-20-8-10-21-19(15-20)7-9-23-22(21)13-14-27(4)24(23)11-12-25(27)29-6/h8,10,15,18,22-25,28H,7,9,11-14,16-17H2,1-6H3. The fraction of sp³-hybridized carbons (Fsp3) is 0.778. The molecular weight excluding hydrogens is 370 g/mol. The molecule has 1 aromatic rings. The Morgan fingerprint density at radius 1 is 1.20 bits per heavy atom. The Hall–Kier alpha value is -1.06. The number of fused-ring (bicyclic) bond motifs is 5. The van der Waals surface area contributed by atoms with Crippen molar-refractivity contribution in [3.05, 3.63) is 29.3 Å². The van der Waals surface area contributed by atoms with Gasteiger partial charge in [0.15, 0.2) is 0 Å². The van der Waals surface area contributed by atoms with Crippen molar-refractivity contribution in [1.82, 2.24) is 5.32 Å². The highest BCUT2D eigenvalue weighted by Crippen LogP contribution is 2.61. The largest absolute Gasteiger partial charge is 0.488 e. The summed E-state index contributed by atoms with van der Waals surface area (Å²) in [7, 11) is 3.94. The van der Waals surface area contributed by atoms with Gasteiger partial charge in [0, 0.05) is 7.11 Å². The summed E-state index contributed by atoms with van der Waals surface area (Å²) >= 11 is 0. The van der Waals surface area contributed by atoms with E-state index in [0.717, 1.165) is 36.5 Å². The molecule has 2 saturated carbocycles. The van der Waals surface area contributed by atoms with E-state index < -0.39 is 0 Å². The van der Waals surface area contributed by atoms with E-state index in [2.05, 4.69) is 51.2 Å². The van der Waals surface area contributed by atoms with Gasteiger partial charge in [-0.05, 0) is 125 Å². The molecule has 168 valence electrons. The number of nitrogens with one attached hydrogen (secondary N) is 1. The highest BCUT2D eigenvalue weighted by Gasteiger charge is 2.55. The van der Waals surface area contributed by atoms with Crippen molar-refractivity contribution in [2.75, 3.05) is 20.7 Å². The molecule has 2 fully saturated rings. The van der Waals surface area contributed by atoms with Gasteiger partial charge in [0.1, 0.15) is 11.4 Å². The number of ether oxygens (including phenoxy) is 2. The fourth-order valence-corrected chi connectivity index (χ4v) is 7.58. The molecule has 0 saturated heterocycles. The zero-order chi connectivity index (χ0) is 21.5. The van der Waals surface area contributed by atoms with Crippen molar-refractivity contribution in [3.8, 4) is 5.75 Å². The molecule has 3 heteroatoms. The predicted molar refractivity (Wildman–Crippen MR) is 124 cm³/mol. The highest BCUT2D eigenvalue weighted by molar-refractivity contribution is 5.41. The average Bonchev–Trinajstić information content (AvgIpc) is 3.03. The van der Waals surface area contributed by atoms with Crippen molar-refractivity contribution in [2.45, 2.75) is 90.3 Å². The lowest BCUT2D eigenvalue weighted by Gasteiger charge is -2.50. The predicted octanol–water partition coefficient (Wildman–Crippen LogP) is 5.96. The Morgan fingerprint density at radius 3 is 2.73 bits per heavy atom. The third-order valence-electron chi connectivity index (χ3n) is 8.68. The van der Waals surface area contributed by atoms with Crippen LogP contribution >= 0.6 is 0 Å². The molecule has 0 heterocycles. The maximum absolute atomic E-state index is 6.49. The summed E-state index contributed by atoms with van der Waals surface area (Å²) in [6.45, 7) is 10.3. The SMILES string of the molecule is CNCC(C)CC(C)(C)Oc1ccc2c(c1)CCC1C2CCC2(C)C(OC)CCC12. The number of hydrogen-bond acceptors (Lipinski definition) is 3. The van der Waals surface area contributed by atoms with Crippen molar-refractivity contribution in [3.63, 3.8) is 0 Å². The Morgan fingerprint density at radius 2 is 2.00 bits per heavy atom. The minimum Gasteiger partial charge on any atom is -0.488 e. The minimum absolute atomic E-state index is 0.145. The van der Waals surface area contributed by atoms with Crippen LogP contribution in [0.25, 0.3) is 0 Å². The summed E-state index contributed by atoms with van der Waals surface area (Å²) in [6, 6.07) is 7.00. The first-order valence-corrected chi connectivity index (χ1v) is 12.3. The quantitative estimate of drug-likeness (QED) is 0.598. The molecule has 3 nitrogen and oxygen atoms in total. The van der Waals surface area contributed by atoms with Crippen LogP contribution in [-0.2, 0) is 11.2 Å². The number of methoxy groups -OCH3 is 1. The summed E-state index contributed by atoms with van der Waals surface area (Å²) in [5, 5.41) is 3.28. The summed E-state index contributed by atoms with van der Waals surface area (Å²) in [4.78, 5) is 0. The van der Waals surface area contributed by atoms with Gasteiger partial charge >= 0.3 is 0 Å². The summed E-state index contributed by atoms with van der Waals surface area (Å²) in [5.41, 5.74) is 3.40. The second kappa shape index (κ2) is 8.47. The molecule has 30 heavy (non-hydrogen) atoms. The Labute approximate surface area is 184 Å². The molecule has 3 aliphatic rings. The summed E-state index contributed by atoms with van der Waals surface area (Å²) < 4.78 is 12.4. The lowest BCUT2D eigenvalue weighted by atomic mass is 9.55. The number of hydrogen-bond donors (Lipinski definition) is 1. The molecule has 0 aliphatic heterocycles. The first-order chi connectivity index (χ1) is 14.3. The number of rotatable bonds is 7. The first kappa shape index (κ1) is 22.1. The Bertz CT molecular complexity index is 744. The molecule has 0 amide bonds. The van der Waals surface area contributed by atoms with E-state index in [4.69, 9.17) is 9.47 Å². The Kier molecular flexibility index (Phi) is 6.25. The molecule has 0 bridgehead atoms. The van der Waals surface area contributed by atoms with Crippen LogP contribution in [0.1, 0.15) is 83.3 Å². The molecule has 6 atom stereocenters.